The topological polar surface area (TPSA) is 66.8 Å². The van der Waals surface area contributed by atoms with Crippen LogP contribution >= 0.6 is 11.3 Å². The molecule has 1 N–H and O–H groups in total. The Morgan fingerprint density at radius 1 is 1.60 bits per heavy atom. The summed E-state index contributed by atoms with van der Waals surface area (Å²) in [6.45, 7) is 0.980. The van der Waals surface area contributed by atoms with Gasteiger partial charge in [0.1, 0.15) is 11.5 Å². The maximum atomic E-state index is 12.6. The molecule has 1 aromatic heterocycles. The van der Waals surface area contributed by atoms with E-state index in [9.17, 15) is 14.7 Å². The Kier molecular flexibility index (Phi) is 2.38. The fraction of sp³-hybridized carbons (Fsp3) is 0.429. The highest BCUT2D eigenvalue weighted by Crippen LogP contribution is 2.52. The number of carboxylic acid groups (broad SMARTS) is 1. The number of fused-ring (bicyclic) bond motifs is 1. The Morgan fingerprint density at radius 2 is 2.45 bits per heavy atom. The van der Waals surface area contributed by atoms with Crippen molar-refractivity contribution in [2.24, 2.45) is 11.8 Å². The van der Waals surface area contributed by atoms with Gasteiger partial charge in [0.25, 0.3) is 0 Å². The number of carbonyl (C=O) groups excluding carboxylic acids is 1. The van der Waals surface area contributed by atoms with Gasteiger partial charge in [0.2, 0.25) is 5.91 Å². The number of likely N-dealkylation sites (tertiary alicyclic amines) is 1. The third-order valence-electron chi connectivity index (χ3n) is 4.39. The van der Waals surface area contributed by atoms with Crippen LogP contribution in [-0.4, -0.2) is 40.1 Å². The quantitative estimate of drug-likeness (QED) is 0.847. The number of rotatable bonds is 3. The summed E-state index contributed by atoms with van der Waals surface area (Å²) >= 11 is 1.59. The van der Waals surface area contributed by atoms with Crippen LogP contribution in [0.15, 0.2) is 29.7 Å². The van der Waals surface area contributed by atoms with E-state index >= 15 is 0 Å². The third kappa shape index (κ3) is 1.46. The Morgan fingerprint density at radius 3 is 3.15 bits per heavy atom. The molecule has 0 aromatic carbocycles. The van der Waals surface area contributed by atoms with E-state index in [1.54, 1.807) is 22.3 Å². The summed E-state index contributed by atoms with van der Waals surface area (Å²) in [6.07, 6.45) is 3.22. The molecule has 4 heterocycles. The van der Waals surface area contributed by atoms with E-state index in [1.807, 2.05) is 23.6 Å². The molecule has 104 valence electrons. The molecule has 4 atom stereocenters. The van der Waals surface area contributed by atoms with Gasteiger partial charge >= 0.3 is 5.97 Å². The first-order valence-electron chi connectivity index (χ1n) is 6.52. The molecule has 2 fully saturated rings. The van der Waals surface area contributed by atoms with Crippen LogP contribution in [0.3, 0.4) is 0 Å². The molecule has 0 saturated carbocycles. The van der Waals surface area contributed by atoms with E-state index in [2.05, 4.69) is 0 Å². The normalized spacial score (nSPS) is 37.7. The van der Waals surface area contributed by atoms with E-state index < -0.39 is 29.5 Å². The Labute approximate surface area is 119 Å². The zero-order chi connectivity index (χ0) is 13.9. The van der Waals surface area contributed by atoms with Crippen molar-refractivity contribution in [1.29, 1.82) is 0 Å². The third-order valence-corrected chi connectivity index (χ3v) is 5.25. The maximum absolute atomic E-state index is 12.6. The number of hydrogen-bond acceptors (Lipinski definition) is 4. The smallest absolute Gasteiger partial charge is 0.310 e. The lowest BCUT2D eigenvalue weighted by molar-refractivity contribution is -0.148. The van der Waals surface area contributed by atoms with Gasteiger partial charge in [0.05, 0.1) is 25.1 Å². The van der Waals surface area contributed by atoms with E-state index in [0.29, 0.717) is 13.1 Å². The van der Waals surface area contributed by atoms with Gasteiger partial charge in [0, 0.05) is 4.88 Å². The van der Waals surface area contributed by atoms with Crippen LogP contribution in [0.1, 0.15) is 4.88 Å². The fourth-order valence-electron chi connectivity index (χ4n) is 3.58. The fourth-order valence-corrected chi connectivity index (χ4v) is 4.30. The summed E-state index contributed by atoms with van der Waals surface area (Å²) in [5.41, 5.74) is -0.720. The highest BCUT2D eigenvalue weighted by molar-refractivity contribution is 7.09. The molecular weight excluding hydrogens is 278 g/mol. The minimum absolute atomic E-state index is 0.0994. The molecule has 1 spiro atoms. The number of nitrogens with zero attached hydrogens (tertiary/aromatic N) is 1. The zero-order valence-corrected chi connectivity index (χ0v) is 11.4. The van der Waals surface area contributed by atoms with Crippen molar-refractivity contribution in [3.05, 3.63) is 34.5 Å². The van der Waals surface area contributed by atoms with Crippen LogP contribution in [0.4, 0.5) is 0 Å². The van der Waals surface area contributed by atoms with Crippen molar-refractivity contribution < 1.29 is 19.4 Å². The lowest BCUT2D eigenvalue weighted by atomic mass is 9.77. The summed E-state index contributed by atoms with van der Waals surface area (Å²) in [5, 5.41) is 11.3. The number of amides is 1. The standard InChI is InChI=1S/C14H13NO4S/c16-12-11-10(13(17)18)9-3-4-14(11,19-9)7-15(12)6-8-2-1-5-20-8/h1-5,9-11H,6-7H2,(H,17,18)/t9-,10-,11-,14+/m1/s1. The number of hydrogen-bond donors (Lipinski definition) is 1. The lowest BCUT2D eigenvalue weighted by Crippen LogP contribution is -2.39. The molecule has 5 nitrogen and oxygen atoms in total. The number of carboxylic acids is 1. The first kappa shape index (κ1) is 12.1. The second-order valence-corrected chi connectivity index (χ2v) is 6.54. The van der Waals surface area contributed by atoms with Crippen molar-refractivity contribution in [2.75, 3.05) is 6.54 Å². The number of thiophene rings is 1. The van der Waals surface area contributed by atoms with E-state index in [1.165, 1.54) is 0 Å². The van der Waals surface area contributed by atoms with Crippen LogP contribution in [0.25, 0.3) is 0 Å². The molecule has 1 amide bonds. The Bertz CT molecular complexity index is 611. The summed E-state index contributed by atoms with van der Waals surface area (Å²) in [7, 11) is 0. The minimum Gasteiger partial charge on any atom is -0.481 e. The van der Waals surface area contributed by atoms with Gasteiger partial charge in [-0.25, -0.2) is 0 Å². The minimum atomic E-state index is -0.947. The molecular formula is C14H13NO4S. The second-order valence-electron chi connectivity index (χ2n) is 5.51. The second kappa shape index (κ2) is 3.93. The maximum Gasteiger partial charge on any atom is 0.310 e. The van der Waals surface area contributed by atoms with Gasteiger partial charge in [0.15, 0.2) is 0 Å². The average Bonchev–Trinajstić information content (AvgIpc) is 3.12. The average molecular weight is 291 g/mol. The summed E-state index contributed by atoms with van der Waals surface area (Å²) in [6, 6.07) is 3.92. The van der Waals surface area contributed by atoms with E-state index in [0.717, 1.165) is 4.88 Å². The van der Waals surface area contributed by atoms with Gasteiger partial charge in [-0.05, 0) is 11.4 Å². The van der Waals surface area contributed by atoms with Crippen molar-refractivity contribution in [3.63, 3.8) is 0 Å². The van der Waals surface area contributed by atoms with Crippen molar-refractivity contribution in [3.8, 4) is 0 Å². The molecule has 20 heavy (non-hydrogen) atoms. The van der Waals surface area contributed by atoms with Crippen molar-refractivity contribution in [1.82, 2.24) is 4.90 Å². The number of carbonyl (C=O) groups is 2. The van der Waals surface area contributed by atoms with Crippen LogP contribution in [0.2, 0.25) is 0 Å². The highest BCUT2D eigenvalue weighted by Gasteiger charge is 2.66. The molecule has 3 aliphatic rings. The van der Waals surface area contributed by atoms with E-state index in [-0.39, 0.29) is 5.91 Å². The molecule has 4 rings (SSSR count). The van der Waals surface area contributed by atoms with Gasteiger partial charge in [-0.1, -0.05) is 18.2 Å². The summed E-state index contributed by atoms with van der Waals surface area (Å²) < 4.78 is 5.83. The SMILES string of the molecule is O=C(O)[C@@H]1[C@H]2C=C[C@@]3(CN(Cc4cccs4)C(=O)[C@@H]13)O2. The number of aliphatic carboxylic acids is 1. The van der Waals surface area contributed by atoms with Gasteiger partial charge < -0.3 is 14.7 Å². The molecule has 0 aliphatic carbocycles. The van der Waals surface area contributed by atoms with Crippen LogP contribution in [0.5, 0.6) is 0 Å². The predicted molar refractivity (Wildman–Crippen MR) is 71.1 cm³/mol. The van der Waals surface area contributed by atoms with Crippen molar-refractivity contribution in [2.45, 2.75) is 18.2 Å². The zero-order valence-electron chi connectivity index (χ0n) is 10.6. The Hall–Kier alpha value is -1.66. The summed E-state index contributed by atoms with van der Waals surface area (Å²) in [5.74, 6) is -2.37. The predicted octanol–water partition coefficient (Wildman–Crippen LogP) is 1.11. The molecule has 6 heteroatoms. The molecule has 0 unspecified atom stereocenters. The summed E-state index contributed by atoms with van der Waals surface area (Å²) in [4.78, 5) is 26.8. The molecule has 3 aliphatic heterocycles. The molecule has 1 aromatic rings. The van der Waals surface area contributed by atoms with Crippen molar-refractivity contribution >= 4 is 23.2 Å². The molecule has 0 radical (unpaired) electrons. The lowest BCUT2D eigenvalue weighted by Gasteiger charge is -2.21. The number of ether oxygens (including phenoxy) is 1. The highest BCUT2D eigenvalue weighted by atomic mass is 32.1. The first-order chi connectivity index (χ1) is 9.61. The van der Waals surface area contributed by atoms with Gasteiger partial charge in [-0.3, -0.25) is 9.59 Å². The molecule has 2 saturated heterocycles. The Balaban J connectivity index is 1.65. The largest absolute Gasteiger partial charge is 0.481 e. The monoisotopic (exact) mass is 291 g/mol. The van der Waals surface area contributed by atoms with E-state index in [4.69, 9.17) is 4.74 Å². The first-order valence-corrected chi connectivity index (χ1v) is 7.40. The van der Waals surface area contributed by atoms with Crippen LogP contribution in [-0.2, 0) is 20.9 Å². The van der Waals surface area contributed by atoms with Crippen LogP contribution < -0.4 is 0 Å². The van der Waals surface area contributed by atoms with Crippen LogP contribution in [0, 0.1) is 11.8 Å². The molecule has 2 bridgehead atoms. The van der Waals surface area contributed by atoms with Gasteiger partial charge in [-0.2, -0.15) is 0 Å². The van der Waals surface area contributed by atoms with Gasteiger partial charge in [-0.15, -0.1) is 11.3 Å².